The van der Waals surface area contributed by atoms with Gasteiger partial charge in [-0.25, -0.2) is 19.9 Å². The van der Waals surface area contributed by atoms with Gasteiger partial charge in [-0.3, -0.25) is 0 Å². The monoisotopic (exact) mass is 616 g/mol. The van der Waals surface area contributed by atoms with E-state index in [2.05, 4.69) is 71.7 Å². The summed E-state index contributed by atoms with van der Waals surface area (Å²) in [7, 11) is 0. The van der Waals surface area contributed by atoms with Crippen LogP contribution >= 0.6 is 0 Å². The topological polar surface area (TPSA) is 77.8 Å². The molecule has 0 amide bonds. The Morgan fingerprint density at radius 1 is 0.396 bits per heavy atom. The number of fused-ring (bicyclic) bond motifs is 7. The predicted molar refractivity (Wildman–Crippen MR) is 191 cm³/mol. The van der Waals surface area contributed by atoms with Crippen molar-refractivity contribution in [3.05, 3.63) is 146 Å². The minimum atomic E-state index is 0.544. The number of hydrogen-bond donors (Lipinski definition) is 0. The molecule has 0 radical (unpaired) electrons. The number of nitrogens with zero attached hydrogens (tertiary/aromatic N) is 4. The van der Waals surface area contributed by atoms with Crippen molar-refractivity contribution >= 4 is 54.8 Å². The average Bonchev–Trinajstić information content (AvgIpc) is 3.73. The quantitative estimate of drug-likeness (QED) is 0.196. The van der Waals surface area contributed by atoms with E-state index in [-0.39, 0.29) is 0 Å². The maximum absolute atomic E-state index is 6.36. The summed E-state index contributed by atoms with van der Waals surface area (Å²) in [5.74, 6) is 1.68. The highest BCUT2D eigenvalue weighted by atomic mass is 16.3. The molecule has 0 bridgehead atoms. The standard InChI is InChI=1S/C42H24N4O2/c1-2-10-25(11-3-1)29-23-33(38-32-16-9-21-43-42(32)48-36(38)24-29)41-45-39(28-20-19-26-12-4-5-13-27(26)22-28)44-40(46-41)31-15-8-18-35-37(31)30-14-6-7-17-34(30)47-35/h1-24H. The fourth-order valence-corrected chi connectivity index (χ4v) is 6.75. The van der Waals surface area contributed by atoms with Crippen molar-refractivity contribution in [2.45, 2.75) is 0 Å². The lowest BCUT2D eigenvalue weighted by Crippen LogP contribution is -2.01. The molecular formula is C42H24N4O2. The van der Waals surface area contributed by atoms with Crippen molar-refractivity contribution in [2.24, 2.45) is 0 Å². The molecule has 4 aromatic heterocycles. The Morgan fingerprint density at radius 3 is 2.04 bits per heavy atom. The van der Waals surface area contributed by atoms with Crippen molar-refractivity contribution in [3.8, 4) is 45.3 Å². The van der Waals surface area contributed by atoms with Gasteiger partial charge in [0.15, 0.2) is 17.5 Å². The van der Waals surface area contributed by atoms with E-state index in [1.54, 1.807) is 6.20 Å². The van der Waals surface area contributed by atoms with E-state index in [0.29, 0.717) is 23.2 Å². The summed E-state index contributed by atoms with van der Waals surface area (Å²) in [6.45, 7) is 0. The Hall–Kier alpha value is -6.66. The largest absolute Gasteiger partial charge is 0.456 e. The molecule has 6 nitrogen and oxygen atoms in total. The normalized spacial score (nSPS) is 11.8. The van der Waals surface area contributed by atoms with E-state index in [1.807, 2.05) is 72.8 Å². The van der Waals surface area contributed by atoms with Gasteiger partial charge >= 0.3 is 0 Å². The first-order valence-electron chi connectivity index (χ1n) is 15.8. The minimum Gasteiger partial charge on any atom is -0.456 e. The summed E-state index contributed by atoms with van der Waals surface area (Å²) < 4.78 is 12.6. The van der Waals surface area contributed by atoms with Crippen LogP contribution in [0.5, 0.6) is 0 Å². The van der Waals surface area contributed by atoms with E-state index in [4.69, 9.17) is 23.8 Å². The number of hydrogen-bond acceptors (Lipinski definition) is 6. The van der Waals surface area contributed by atoms with Crippen LogP contribution in [0.4, 0.5) is 0 Å². The first-order chi connectivity index (χ1) is 23.8. The zero-order valence-corrected chi connectivity index (χ0v) is 25.5. The maximum Gasteiger partial charge on any atom is 0.227 e. The smallest absolute Gasteiger partial charge is 0.227 e. The van der Waals surface area contributed by atoms with Crippen molar-refractivity contribution < 1.29 is 8.83 Å². The number of rotatable bonds is 4. The van der Waals surface area contributed by atoms with Crippen LogP contribution in [0.1, 0.15) is 0 Å². The van der Waals surface area contributed by atoms with E-state index in [0.717, 1.165) is 76.9 Å². The van der Waals surface area contributed by atoms with Crippen LogP contribution in [-0.2, 0) is 0 Å². The second-order valence-corrected chi connectivity index (χ2v) is 11.9. The molecule has 0 N–H and O–H groups in total. The van der Waals surface area contributed by atoms with Gasteiger partial charge in [0, 0.05) is 44.4 Å². The molecule has 224 valence electrons. The molecule has 48 heavy (non-hydrogen) atoms. The second-order valence-electron chi connectivity index (χ2n) is 11.9. The number of para-hydroxylation sites is 1. The predicted octanol–water partition coefficient (Wildman–Crippen LogP) is 10.9. The Balaban J connectivity index is 1.30. The van der Waals surface area contributed by atoms with Gasteiger partial charge < -0.3 is 8.83 Å². The van der Waals surface area contributed by atoms with Crippen molar-refractivity contribution in [3.63, 3.8) is 0 Å². The fourth-order valence-electron chi connectivity index (χ4n) is 6.75. The average molecular weight is 617 g/mol. The van der Waals surface area contributed by atoms with Gasteiger partial charge in [0.1, 0.15) is 16.7 Å². The zero-order valence-electron chi connectivity index (χ0n) is 25.5. The van der Waals surface area contributed by atoms with Gasteiger partial charge in [0.2, 0.25) is 5.71 Å². The molecule has 0 aliphatic carbocycles. The Bertz CT molecular complexity index is 2850. The number of benzene rings is 6. The first-order valence-corrected chi connectivity index (χ1v) is 15.8. The third-order valence-electron chi connectivity index (χ3n) is 8.98. The van der Waals surface area contributed by atoms with Crippen molar-refractivity contribution in [2.75, 3.05) is 0 Å². The van der Waals surface area contributed by atoms with Crippen LogP contribution in [-0.4, -0.2) is 19.9 Å². The SMILES string of the molecule is c1ccc(-c2cc(-c3nc(-c4ccc5ccccc5c4)nc(-c4cccc5oc6ccccc6c45)n3)c3c(c2)oc2ncccc23)cc1. The summed E-state index contributed by atoms with van der Waals surface area (Å²) in [5, 5.41) is 6.06. The molecule has 10 aromatic rings. The molecular weight excluding hydrogens is 592 g/mol. The van der Waals surface area contributed by atoms with Crippen LogP contribution in [0.15, 0.2) is 155 Å². The summed E-state index contributed by atoms with van der Waals surface area (Å²) >= 11 is 0. The van der Waals surface area contributed by atoms with Crippen molar-refractivity contribution in [1.29, 1.82) is 0 Å². The lowest BCUT2D eigenvalue weighted by molar-refractivity contribution is 0.654. The van der Waals surface area contributed by atoms with Gasteiger partial charge in [-0.2, -0.15) is 0 Å². The Morgan fingerprint density at radius 2 is 1.12 bits per heavy atom. The highest BCUT2D eigenvalue weighted by molar-refractivity contribution is 6.13. The molecule has 0 unspecified atom stereocenters. The number of furan rings is 2. The second kappa shape index (κ2) is 10.4. The molecule has 0 aliphatic rings. The van der Waals surface area contributed by atoms with Crippen LogP contribution in [0.2, 0.25) is 0 Å². The van der Waals surface area contributed by atoms with Crippen LogP contribution in [0.3, 0.4) is 0 Å². The Kier molecular flexibility index (Phi) is 5.77. The summed E-state index contributed by atoms with van der Waals surface area (Å²) in [6.07, 6.45) is 1.75. The van der Waals surface area contributed by atoms with E-state index in [1.165, 1.54) is 0 Å². The highest BCUT2D eigenvalue weighted by Gasteiger charge is 2.22. The van der Waals surface area contributed by atoms with Gasteiger partial charge in [-0.1, -0.05) is 97.1 Å². The van der Waals surface area contributed by atoms with E-state index >= 15 is 0 Å². The van der Waals surface area contributed by atoms with Gasteiger partial charge in [0.25, 0.3) is 0 Å². The summed E-state index contributed by atoms with van der Waals surface area (Å²) in [5.41, 5.74) is 7.56. The molecule has 4 heterocycles. The first kappa shape index (κ1) is 26.5. The lowest BCUT2D eigenvalue weighted by Gasteiger charge is -2.12. The summed E-state index contributed by atoms with van der Waals surface area (Å²) in [4.78, 5) is 20.1. The highest BCUT2D eigenvalue weighted by Crippen LogP contribution is 2.41. The molecule has 0 atom stereocenters. The zero-order chi connectivity index (χ0) is 31.6. The third-order valence-corrected chi connectivity index (χ3v) is 8.98. The fraction of sp³-hybridized carbons (Fsp3) is 0. The molecule has 0 fully saturated rings. The van der Waals surface area contributed by atoms with Gasteiger partial charge in [-0.05, 0) is 64.4 Å². The number of pyridine rings is 1. The molecule has 0 saturated carbocycles. The van der Waals surface area contributed by atoms with Crippen LogP contribution in [0.25, 0.3) is 100 Å². The molecule has 6 heteroatoms. The van der Waals surface area contributed by atoms with Gasteiger partial charge in [-0.15, -0.1) is 0 Å². The van der Waals surface area contributed by atoms with Gasteiger partial charge in [0.05, 0.1) is 0 Å². The maximum atomic E-state index is 6.36. The van der Waals surface area contributed by atoms with Crippen LogP contribution < -0.4 is 0 Å². The molecule has 0 saturated heterocycles. The minimum absolute atomic E-state index is 0.544. The molecule has 0 spiro atoms. The molecule has 10 rings (SSSR count). The third kappa shape index (κ3) is 4.20. The van der Waals surface area contributed by atoms with E-state index < -0.39 is 0 Å². The molecule has 0 aliphatic heterocycles. The van der Waals surface area contributed by atoms with Crippen LogP contribution in [0, 0.1) is 0 Å². The molecule has 6 aromatic carbocycles. The summed E-state index contributed by atoms with van der Waals surface area (Å²) in [6, 6.07) is 47.2. The Labute approximate surface area is 274 Å². The lowest BCUT2D eigenvalue weighted by atomic mass is 9.98. The van der Waals surface area contributed by atoms with Crippen molar-refractivity contribution in [1.82, 2.24) is 19.9 Å². The van der Waals surface area contributed by atoms with E-state index in [9.17, 15) is 0 Å². The number of aromatic nitrogens is 4.